The maximum atomic E-state index is 5.64. The van der Waals surface area contributed by atoms with Crippen molar-refractivity contribution in [1.29, 1.82) is 0 Å². The lowest BCUT2D eigenvalue weighted by Crippen LogP contribution is -2.27. The molecule has 0 atom stereocenters. The second-order valence-corrected chi connectivity index (χ2v) is 7.20. The lowest BCUT2D eigenvalue weighted by atomic mass is 10.0. The molecule has 0 aromatic rings. The number of nitrogens with zero attached hydrogens (tertiary/aromatic N) is 3. The van der Waals surface area contributed by atoms with Gasteiger partial charge in [-0.25, -0.2) is 4.99 Å². The van der Waals surface area contributed by atoms with Crippen molar-refractivity contribution in [3.05, 3.63) is 71.1 Å². The normalized spacial score (nSPS) is 18.4. The molecule has 1 rings (SSSR count). The van der Waals surface area contributed by atoms with Gasteiger partial charge >= 0.3 is 0 Å². The average molecular weight is 410 g/mol. The minimum absolute atomic E-state index is 0.707. The predicted octanol–water partition coefficient (Wildman–Crippen LogP) is 6.07. The van der Waals surface area contributed by atoms with Gasteiger partial charge in [-0.3, -0.25) is 4.99 Å². The molecule has 4 heteroatoms. The van der Waals surface area contributed by atoms with E-state index in [1.807, 2.05) is 19.9 Å². The molecule has 0 spiro atoms. The zero-order chi connectivity index (χ0) is 22.2. The molecule has 164 valence electrons. The van der Waals surface area contributed by atoms with Gasteiger partial charge in [0, 0.05) is 43.9 Å². The Labute approximate surface area is 183 Å². The molecular formula is C26H39N3O. The molecule has 1 saturated heterocycles. The minimum Gasteiger partial charge on any atom is -0.380 e. The summed E-state index contributed by atoms with van der Waals surface area (Å²) >= 11 is 0. The third-order valence-corrected chi connectivity index (χ3v) is 4.64. The Kier molecular flexibility index (Phi) is 13.1. The van der Waals surface area contributed by atoms with E-state index in [0.29, 0.717) is 6.61 Å². The Morgan fingerprint density at radius 2 is 1.87 bits per heavy atom. The first-order valence-electron chi connectivity index (χ1n) is 10.9. The summed E-state index contributed by atoms with van der Waals surface area (Å²) in [7, 11) is 0. The Morgan fingerprint density at radius 1 is 1.07 bits per heavy atom. The SMILES string of the molecule is C=N/C(=C(/C=C(C)/C=C/C=C(C)\C=C/C)C(CC=CC)=NCC)N1CCCOCC1. The van der Waals surface area contributed by atoms with Crippen molar-refractivity contribution < 1.29 is 4.74 Å². The summed E-state index contributed by atoms with van der Waals surface area (Å²) in [6.07, 6.45) is 18.6. The van der Waals surface area contributed by atoms with E-state index in [2.05, 4.69) is 79.9 Å². The minimum atomic E-state index is 0.707. The number of ether oxygens (including phenoxy) is 1. The van der Waals surface area contributed by atoms with Crippen LogP contribution in [0, 0.1) is 0 Å². The van der Waals surface area contributed by atoms with Crippen molar-refractivity contribution in [2.24, 2.45) is 9.98 Å². The Bertz CT molecular complexity index is 740. The van der Waals surface area contributed by atoms with E-state index in [9.17, 15) is 0 Å². The Balaban J connectivity index is 3.43. The Hall–Kier alpha value is -2.46. The third-order valence-electron chi connectivity index (χ3n) is 4.64. The van der Waals surface area contributed by atoms with Crippen molar-refractivity contribution in [2.45, 2.75) is 47.5 Å². The fourth-order valence-electron chi connectivity index (χ4n) is 3.22. The maximum absolute atomic E-state index is 5.64. The highest BCUT2D eigenvalue weighted by Crippen LogP contribution is 2.21. The number of allylic oxidation sites excluding steroid dienone is 11. The molecule has 0 radical (unpaired) electrons. The van der Waals surface area contributed by atoms with Crippen LogP contribution >= 0.6 is 0 Å². The summed E-state index contributed by atoms with van der Waals surface area (Å²) in [5.74, 6) is 0.894. The van der Waals surface area contributed by atoms with Gasteiger partial charge < -0.3 is 9.64 Å². The molecule has 0 bridgehead atoms. The molecule has 1 fully saturated rings. The Morgan fingerprint density at radius 3 is 2.53 bits per heavy atom. The van der Waals surface area contributed by atoms with E-state index in [1.54, 1.807) is 0 Å². The molecule has 1 heterocycles. The number of aliphatic imine (C=N–C) groups is 2. The molecule has 0 amide bonds. The number of hydrogen-bond acceptors (Lipinski definition) is 4. The topological polar surface area (TPSA) is 37.2 Å². The van der Waals surface area contributed by atoms with Crippen molar-refractivity contribution in [3.8, 4) is 0 Å². The molecular weight excluding hydrogens is 370 g/mol. The molecule has 0 aromatic carbocycles. The summed E-state index contributed by atoms with van der Waals surface area (Å²) in [4.78, 5) is 11.5. The summed E-state index contributed by atoms with van der Waals surface area (Å²) in [6, 6.07) is 0. The average Bonchev–Trinajstić information content (AvgIpc) is 3.00. The van der Waals surface area contributed by atoms with Gasteiger partial charge in [0.25, 0.3) is 0 Å². The van der Waals surface area contributed by atoms with Crippen LogP contribution in [0.15, 0.2) is 81.1 Å². The molecule has 0 N–H and O–H groups in total. The van der Waals surface area contributed by atoms with Crippen LogP contribution < -0.4 is 0 Å². The first-order chi connectivity index (χ1) is 14.6. The third kappa shape index (κ3) is 9.36. The first-order valence-corrected chi connectivity index (χ1v) is 10.9. The van der Waals surface area contributed by atoms with E-state index in [1.165, 1.54) is 5.57 Å². The van der Waals surface area contributed by atoms with Gasteiger partial charge in [0.05, 0.1) is 6.61 Å². The highest BCUT2D eigenvalue weighted by atomic mass is 16.5. The van der Waals surface area contributed by atoms with Crippen molar-refractivity contribution in [1.82, 2.24) is 4.90 Å². The molecule has 0 aliphatic carbocycles. The van der Waals surface area contributed by atoms with Gasteiger partial charge in [-0.2, -0.15) is 0 Å². The molecule has 1 aliphatic heterocycles. The second kappa shape index (κ2) is 15.4. The summed E-state index contributed by atoms with van der Waals surface area (Å²) in [6.45, 7) is 18.2. The molecule has 30 heavy (non-hydrogen) atoms. The molecule has 4 nitrogen and oxygen atoms in total. The molecule has 0 saturated carbocycles. The second-order valence-electron chi connectivity index (χ2n) is 7.20. The van der Waals surface area contributed by atoms with Gasteiger partial charge in [0.15, 0.2) is 0 Å². The van der Waals surface area contributed by atoms with Crippen LogP contribution in [0.25, 0.3) is 0 Å². The maximum Gasteiger partial charge on any atom is 0.136 e. The van der Waals surface area contributed by atoms with E-state index in [-0.39, 0.29) is 0 Å². The quantitative estimate of drug-likeness (QED) is 0.249. The zero-order valence-electron chi connectivity index (χ0n) is 19.5. The van der Waals surface area contributed by atoms with Gasteiger partial charge in [-0.05, 0) is 53.8 Å². The summed E-state index contributed by atoms with van der Waals surface area (Å²) in [5.41, 5.74) is 4.45. The number of hydrogen-bond donors (Lipinski definition) is 0. The van der Waals surface area contributed by atoms with Gasteiger partial charge in [0.1, 0.15) is 5.82 Å². The zero-order valence-corrected chi connectivity index (χ0v) is 19.5. The standard InChI is InChI=1S/C26H39N3O/c1-7-10-16-25(28-9-3)24(21-23(5)15-11-14-22(4)13-8-2)26(27-6)29-17-12-19-30-20-18-29/h7-8,10-11,13-15,21H,6,9,12,16-20H2,1-5H3/b10-7?,13-8-,15-11+,22-14-,23-21+,26-24+,28-25?. The first kappa shape index (κ1) is 25.6. The summed E-state index contributed by atoms with van der Waals surface area (Å²) in [5, 5.41) is 0. The van der Waals surface area contributed by atoms with Crippen molar-refractivity contribution in [2.75, 3.05) is 32.8 Å². The fraction of sp³-hybridized carbons (Fsp3) is 0.462. The van der Waals surface area contributed by atoms with E-state index in [0.717, 1.165) is 61.8 Å². The van der Waals surface area contributed by atoms with Gasteiger partial charge in [0.2, 0.25) is 0 Å². The van der Waals surface area contributed by atoms with Crippen LogP contribution in [0.4, 0.5) is 0 Å². The monoisotopic (exact) mass is 409 g/mol. The molecule has 0 unspecified atom stereocenters. The number of rotatable bonds is 10. The molecule has 1 aliphatic rings. The van der Waals surface area contributed by atoms with Crippen LogP contribution in [0.5, 0.6) is 0 Å². The van der Waals surface area contributed by atoms with E-state index < -0.39 is 0 Å². The highest BCUT2D eigenvalue weighted by molar-refractivity contribution is 6.04. The summed E-state index contributed by atoms with van der Waals surface area (Å²) < 4.78 is 5.64. The molecule has 0 aromatic heterocycles. The smallest absolute Gasteiger partial charge is 0.136 e. The van der Waals surface area contributed by atoms with Crippen LogP contribution in [0.3, 0.4) is 0 Å². The lowest BCUT2D eigenvalue weighted by Gasteiger charge is -2.25. The fourth-order valence-corrected chi connectivity index (χ4v) is 3.22. The van der Waals surface area contributed by atoms with Crippen LogP contribution in [0.2, 0.25) is 0 Å². The largest absolute Gasteiger partial charge is 0.380 e. The lowest BCUT2D eigenvalue weighted by molar-refractivity contribution is 0.145. The van der Waals surface area contributed by atoms with Crippen molar-refractivity contribution in [3.63, 3.8) is 0 Å². The van der Waals surface area contributed by atoms with E-state index in [4.69, 9.17) is 9.73 Å². The highest BCUT2D eigenvalue weighted by Gasteiger charge is 2.18. The van der Waals surface area contributed by atoms with Gasteiger partial charge in [-0.15, -0.1) is 0 Å². The van der Waals surface area contributed by atoms with Crippen molar-refractivity contribution >= 4 is 12.4 Å². The van der Waals surface area contributed by atoms with E-state index >= 15 is 0 Å². The van der Waals surface area contributed by atoms with Crippen LogP contribution in [-0.4, -0.2) is 50.2 Å². The predicted molar refractivity (Wildman–Crippen MR) is 132 cm³/mol. The van der Waals surface area contributed by atoms with Gasteiger partial charge in [-0.1, -0.05) is 53.7 Å². The van der Waals surface area contributed by atoms with Crippen LogP contribution in [-0.2, 0) is 4.74 Å². The van der Waals surface area contributed by atoms with Crippen LogP contribution in [0.1, 0.15) is 47.5 Å².